The summed E-state index contributed by atoms with van der Waals surface area (Å²) >= 11 is 7.22. The fourth-order valence-electron chi connectivity index (χ4n) is 1.34. The highest BCUT2D eigenvalue weighted by Gasteiger charge is 2.07. The Morgan fingerprint density at radius 2 is 2.06 bits per heavy atom. The van der Waals surface area contributed by atoms with Gasteiger partial charge in [0.15, 0.2) is 5.65 Å². The average molecular weight is 264 g/mol. The lowest BCUT2D eigenvalue weighted by molar-refractivity contribution is 1.07. The number of halogens is 1. The van der Waals surface area contributed by atoms with Crippen molar-refractivity contribution < 1.29 is 0 Å². The van der Waals surface area contributed by atoms with Crippen molar-refractivity contribution in [1.29, 1.82) is 0 Å². The summed E-state index contributed by atoms with van der Waals surface area (Å²) in [5, 5.41) is 2.23. The molecule has 0 radical (unpaired) electrons. The van der Waals surface area contributed by atoms with Gasteiger partial charge in [-0.2, -0.15) is 0 Å². The van der Waals surface area contributed by atoms with E-state index < -0.39 is 0 Å². The van der Waals surface area contributed by atoms with Crippen LogP contribution in [0.4, 0.5) is 0 Å². The third-order valence-corrected chi connectivity index (χ3v) is 3.27. The molecule has 0 spiro atoms. The number of imidazole rings is 1. The van der Waals surface area contributed by atoms with Crippen LogP contribution in [0, 0.1) is 0 Å². The van der Waals surface area contributed by atoms with Gasteiger partial charge in [-0.1, -0.05) is 11.6 Å². The van der Waals surface area contributed by atoms with Crippen LogP contribution in [0.3, 0.4) is 0 Å². The lowest BCUT2D eigenvalue weighted by Gasteiger charge is -2.00. The molecule has 3 aromatic heterocycles. The third kappa shape index (κ3) is 2.09. The standard InChI is InChI=1S/C10H6ClN5S/c11-6-1-2-7(12-3-6)17-10-8-9(14-4-13-8)15-5-16-10/h1-5H,(H,13,14,15,16). The Hall–Kier alpha value is -1.66. The maximum absolute atomic E-state index is 5.78. The van der Waals surface area contributed by atoms with Crippen molar-refractivity contribution in [1.82, 2.24) is 24.9 Å². The van der Waals surface area contributed by atoms with Crippen LogP contribution in [0.5, 0.6) is 0 Å². The number of H-pyrrole nitrogens is 1. The van der Waals surface area contributed by atoms with Crippen molar-refractivity contribution in [3.8, 4) is 0 Å². The minimum absolute atomic E-state index is 0.615. The first-order valence-corrected chi connectivity index (χ1v) is 5.96. The highest BCUT2D eigenvalue weighted by Crippen LogP contribution is 2.28. The van der Waals surface area contributed by atoms with Gasteiger partial charge in [0, 0.05) is 6.20 Å². The molecule has 0 aliphatic heterocycles. The first kappa shape index (κ1) is 10.5. The predicted molar refractivity (Wildman–Crippen MR) is 65.1 cm³/mol. The molecular weight excluding hydrogens is 258 g/mol. The smallest absolute Gasteiger partial charge is 0.181 e. The van der Waals surface area contributed by atoms with E-state index in [9.17, 15) is 0 Å². The second-order valence-electron chi connectivity index (χ2n) is 3.20. The topological polar surface area (TPSA) is 67.3 Å². The zero-order valence-electron chi connectivity index (χ0n) is 8.46. The molecule has 3 aromatic rings. The van der Waals surface area contributed by atoms with Crippen LogP contribution in [0.25, 0.3) is 11.2 Å². The van der Waals surface area contributed by atoms with Crippen LogP contribution in [0.1, 0.15) is 0 Å². The number of nitrogens with zero attached hydrogens (tertiary/aromatic N) is 4. The number of pyridine rings is 1. The van der Waals surface area contributed by atoms with Crippen molar-refractivity contribution in [2.24, 2.45) is 0 Å². The van der Waals surface area contributed by atoms with Crippen molar-refractivity contribution in [2.45, 2.75) is 10.1 Å². The van der Waals surface area contributed by atoms with E-state index in [0.717, 1.165) is 15.6 Å². The van der Waals surface area contributed by atoms with E-state index in [2.05, 4.69) is 24.9 Å². The van der Waals surface area contributed by atoms with Gasteiger partial charge >= 0.3 is 0 Å². The van der Waals surface area contributed by atoms with E-state index in [-0.39, 0.29) is 0 Å². The molecule has 0 saturated carbocycles. The molecule has 0 atom stereocenters. The fraction of sp³-hybridized carbons (Fsp3) is 0. The van der Waals surface area contributed by atoms with E-state index in [1.54, 1.807) is 18.6 Å². The Morgan fingerprint density at radius 3 is 2.88 bits per heavy atom. The molecule has 0 saturated heterocycles. The minimum atomic E-state index is 0.615. The summed E-state index contributed by atoms with van der Waals surface area (Å²) in [7, 11) is 0. The second kappa shape index (κ2) is 4.31. The molecule has 3 heterocycles. The van der Waals surface area contributed by atoms with Crippen LogP contribution in [-0.2, 0) is 0 Å². The van der Waals surface area contributed by atoms with Crippen molar-refractivity contribution >= 4 is 34.5 Å². The van der Waals surface area contributed by atoms with E-state index in [0.29, 0.717) is 10.7 Å². The fourth-order valence-corrected chi connectivity index (χ4v) is 2.25. The van der Waals surface area contributed by atoms with E-state index in [1.807, 2.05) is 6.07 Å². The molecule has 7 heteroatoms. The van der Waals surface area contributed by atoms with Gasteiger partial charge < -0.3 is 4.98 Å². The van der Waals surface area contributed by atoms with Gasteiger partial charge in [-0.25, -0.2) is 19.9 Å². The number of rotatable bonds is 2. The van der Waals surface area contributed by atoms with Crippen LogP contribution in [0.2, 0.25) is 5.02 Å². The molecule has 0 amide bonds. The molecule has 0 fully saturated rings. The number of hydrogen-bond acceptors (Lipinski definition) is 5. The zero-order chi connectivity index (χ0) is 11.7. The molecule has 1 N–H and O–H groups in total. The Balaban J connectivity index is 1.99. The third-order valence-electron chi connectivity index (χ3n) is 2.09. The maximum Gasteiger partial charge on any atom is 0.181 e. The summed E-state index contributed by atoms with van der Waals surface area (Å²) in [5.74, 6) is 0. The predicted octanol–water partition coefficient (Wildman–Crippen LogP) is 2.55. The minimum Gasteiger partial charge on any atom is -0.341 e. The monoisotopic (exact) mass is 263 g/mol. The van der Waals surface area contributed by atoms with Crippen LogP contribution < -0.4 is 0 Å². The van der Waals surface area contributed by atoms with Crippen LogP contribution in [-0.4, -0.2) is 24.9 Å². The number of aromatic amines is 1. The number of fused-ring (bicyclic) bond motifs is 1. The molecule has 0 aromatic carbocycles. The van der Waals surface area contributed by atoms with Crippen LogP contribution >= 0.6 is 23.4 Å². The largest absolute Gasteiger partial charge is 0.341 e. The summed E-state index contributed by atoms with van der Waals surface area (Å²) < 4.78 is 0. The van der Waals surface area contributed by atoms with Gasteiger partial charge in [-0.05, 0) is 23.9 Å². The quantitative estimate of drug-likeness (QED) is 0.720. The Kier molecular flexibility index (Phi) is 2.66. The molecule has 17 heavy (non-hydrogen) atoms. The molecule has 0 aliphatic rings. The summed E-state index contributed by atoms with van der Waals surface area (Å²) in [5.41, 5.74) is 1.46. The lowest BCUT2D eigenvalue weighted by atomic mass is 10.5. The first-order chi connectivity index (χ1) is 8.33. The molecule has 84 valence electrons. The molecule has 0 aliphatic carbocycles. The number of nitrogens with one attached hydrogen (secondary N) is 1. The molecular formula is C10H6ClN5S. The first-order valence-electron chi connectivity index (χ1n) is 4.76. The molecule has 5 nitrogen and oxygen atoms in total. The van der Waals surface area contributed by atoms with E-state index in [1.165, 1.54) is 18.1 Å². The Morgan fingerprint density at radius 1 is 1.12 bits per heavy atom. The van der Waals surface area contributed by atoms with Crippen LogP contribution in [0.15, 0.2) is 41.0 Å². The zero-order valence-corrected chi connectivity index (χ0v) is 10.0. The molecule has 0 bridgehead atoms. The van der Waals surface area contributed by atoms with Crippen molar-refractivity contribution in [3.63, 3.8) is 0 Å². The van der Waals surface area contributed by atoms with E-state index >= 15 is 0 Å². The second-order valence-corrected chi connectivity index (χ2v) is 4.64. The summed E-state index contributed by atoms with van der Waals surface area (Å²) in [6.45, 7) is 0. The molecule has 3 rings (SSSR count). The van der Waals surface area contributed by atoms with Crippen molar-refractivity contribution in [2.75, 3.05) is 0 Å². The maximum atomic E-state index is 5.78. The highest BCUT2D eigenvalue weighted by atomic mass is 35.5. The van der Waals surface area contributed by atoms with Gasteiger partial charge in [0.2, 0.25) is 0 Å². The van der Waals surface area contributed by atoms with Gasteiger partial charge in [-0.15, -0.1) is 0 Å². The summed E-state index contributed by atoms with van der Waals surface area (Å²) in [6.07, 6.45) is 4.69. The number of hydrogen-bond donors (Lipinski definition) is 1. The van der Waals surface area contributed by atoms with Gasteiger partial charge in [0.25, 0.3) is 0 Å². The molecule has 0 unspecified atom stereocenters. The van der Waals surface area contributed by atoms with Gasteiger partial charge in [0.05, 0.1) is 11.3 Å². The average Bonchev–Trinajstić information content (AvgIpc) is 2.81. The Bertz CT molecular complexity index is 651. The van der Waals surface area contributed by atoms with Crippen molar-refractivity contribution in [3.05, 3.63) is 36.0 Å². The number of aromatic nitrogens is 5. The summed E-state index contributed by atoms with van der Waals surface area (Å²) in [4.78, 5) is 19.5. The Labute approximate surface area is 106 Å². The SMILES string of the molecule is Clc1ccc(Sc2ncnc3nc[nH]c23)nc1. The van der Waals surface area contributed by atoms with E-state index in [4.69, 9.17) is 11.6 Å². The highest BCUT2D eigenvalue weighted by molar-refractivity contribution is 7.99. The normalized spacial score (nSPS) is 10.9. The lowest BCUT2D eigenvalue weighted by Crippen LogP contribution is -1.87. The van der Waals surface area contributed by atoms with Gasteiger partial charge in [0.1, 0.15) is 21.9 Å². The van der Waals surface area contributed by atoms with Gasteiger partial charge in [-0.3, -0.25) is 0 Å². The summed E-state index contributed by atoms with van der Waals surface area (Å²) in [6, 6.07) is 3.64.